The molecule has 0 aliphatic carbocycles. The number of ether oxygens (including phenoxy) is 2. The number of anilines is 2. The average Bonchev–Trinajstić information content (AvgIpc) is 3.15. The van der Waals surface area contributed by atoms with Gasteiger partial charge >= 0.3 is 0 Å². The maximum Gasteiger partial charge on any atom is 0.262 e. The largest absolute Gasteiger partial charge is 0.382 e. The van der Waals surface area contributed by atoms with E-state index in [-0.39, 0.29) is 30.9 Å². The molecule has 1 atom stereocenters. The van der Waals surface area contributed by atoms with Crippen LogP contribution in [0.3, 0.4) is 0 Å². The molecule has 1 aliphatic heterocycles. The SMILES string of the molecule is COCC(NC(=O)c1ccc(C)s1)C(=O)Nc1ccc(N2CCOCC2=O)c(C)c1. The zero-order valence-corrected chi connectivity index (χ0v) is 18.0. The number of amides is 3. The van der Waals surface area contributed by atoms with E-state index in [1.807, 2.05) is 19.9 Å². The summed E-state index contributed by atoms with van der Waals surface area (Å²) in [5, 5.41) is 5.53. The van der Waals surface area contributed by atoms with E-state index in [1.165, 1.54) is 18.4 Å². The van der Waals surface area contributed by atoms with Crippen LogP contribution in [0.2, 0.25) is 0 Å². The molecule has 1 fully saturated rings. The van der Waals surface area contributed by atoms with Gasteiger partial charge in [0.15, 0.2) is 0 Å². The molecule has 2 aromatic rings. The molecule has 30 heavy (non-hydrogen) atoms. The second-order valence-electron chi connectivity index (χ2n) is 6.98. The highest BCUT2D eigenvalue weighted by atomic mass is 32.1. The van der Waals surface area contributed by atoms with Crippen LogP contribution in [0.4, 0.5) is 11.4 Å². The van der Waals surface area contributed by atoms with Gasteiger partial charge in [0, 0.05) is 29.9 Å². The zero-order chi connectivity index (χ0) is 21.7. The van der Waals surface area contributed by atoms with Gasteiger partial charge in [-0.25, -0.2) is 0 Å². The van der Waals surface area contributed by atoms with Crippen molar-refractivity contribution in [1.29, 1.82) is 0 Å². The van der Waals surface area contributed by atoms with Crippen LogP contribution in [0.15, 0.2) is 30.3 Å². The first kappa shape index (κ1) is 21.9. The molecule has 9 heteroatoms. The summed E-state index contributed by atoms with van der Waals surface area (Å²) in [5.41, 5.74) is 2.21. The first-order chi connectivity index (χ1) is 14.4. The predicted octanol–water partition coefficient (Wildman–Crippen LogP) is 2.11. The van der Waals surface area contributed by atoms with E-state index in [4.69, 9.17) is 9.47 Å². The molecule has 3 rings (SSSR count). The van der Waals surface area contributed by atoms with E-state index in [0.717, 1.165) is 16.1 Å². The minimum absolute atomic E-state index is 0.0429. The Kier molecular flexibility index (Phi) is 7.20. The number of hydrogen-bond acceptors (Lipinski definition) is 6. The average molecular weight is 432 g/mol. The third-order valence-corrected chi connectivity index (χ3v) is 5.66. The van der Waals surface area contributed by atoms with Crippen LogP contribution < -0.4 is 15.5 Å². The van der Waals surface area contributed by atoms with Crippen molar-refractivity contribution in [3.05, 3.63) is 45.6 Å². The number of thiophene rings is 1. The van der Waals surface area contributed by atoms with Crippen molar-refractivity contribution >= 4 is 40.4 Å². The Labute approximate surface area is 179 Å². The maximum atomic E-state index is 12.7. The van der Waals surface area contributed by atoms with Crippen LogP contribution in [0, 0.1) is 13.8 Å². The molecule has 1 aliphatic rings. The first-order valence-corrected chi connectivity index (χ1v) is 10.4. The standard InChI is InChI=1S/C21H25N3O5S/c1-13-10-15(5-6-17(13)24-8-9-29-12-19(24)25)22-20(26)16(11-28-3)23-21(27)18-7-4-14(2)30-18/h4-7,10,16H,8-9,11-12H2,1-3H3,(H,22,26)(H,23,27). The molecule has 3 amide bonds. The minimum atomic E-state index is -0.842. The number of carbonyl (C=O) groups excluding carboxylic acids is 3. The summed E-state index contributed by atoms with van der Waals surface area (Å²) in [6.07, 6.45) is 0. The molecule has 160 valence electrons. The van der Waals surface area contributed by atoms with Gasteiger partial charge in [-0.05, 0) is 49.7 Å². The van der Waals surface area contributed by atoms with Crippen molar-refractivity contribution in [1.82, 2.24) is 5.32 Å². The second kappa shape index (κ2) is 9.84. The van der Waals surface area contributed by atoms with Crippen LogP contribution >= 0.6 is 11.3 Å². The summed E-state index contributed by atoms with van der Waals surface area (Å²) in [4.78, 5) is 40.5. The summed E-state index contributed by atoms with van der Waals surface area (Å²) in [6.45, 7) is 4.89. The lowest BCUT2D eigenvalue weighted by Crippen LogP contribution is -2.46. The van der Waals surface area contributed by atoms with Crippen molar-refractivity contribution in [3.63, 3.8) is 0 Å². The van der Waals surface area contributed by atoms with Gasteiger partial charge in [-0.15, -0.1) is 11.3 Å². The zero-order valence-electron chi connectivity index (χ0n) is 17.2. The molecule has 2 N–H and O–H groups in total. The molecule has 0 saturated carbocycles. The monoisotopic (exact) mass is 431 g/mol. The topological polar surface area (TPSA) is 97.0 Å². The molecular weight excluding hydrogens is 406 g/mol. The van der Waals surface area contributed by atoms with Gasteiger partial charge < -0.3 is 25.0 Å². The lowest BCUT2D eigenvalue weighted by atomic mass is 10.1. The van der Waals surface area contributed by atoms with Crippen molar-refractivity contribution in [2.75, 3.05) is 43.7 Å². The number of aryl methyl sites for hydroxylation is 2. The smallest absolute Gasteiger partial charge is 0.262 e. The summed E-state index contributed by atoms with van der Waals surface area (Å²) in [6, 6.07) is 8.07. The Morgan fingerprint density at radius 1 is 1.27 bits per heavy atom. The predicted molar refractivity (Wildman–Crippen MR) is 115 cm³/mol. The number of morpholine rings is 1. The molecule has 0 radical (unpaired) electrons. The van der Waals surface area contributed by atoms with Gasteiger partial charge in [-0.1, -0.05) is 0 Å². The van der Waals surface area contributed by atoms with Crippen LogP contribution in [0.1, 0.15) is 20.1 Å². The van der Waals surface area contributed by atoms with Crippen LogP contribution in [-0.4, -0.2) is 57.2 Å². The summed E-state index contributed by atoms with van der Waals surface area (Å²) in [7, 11) is 1.47. The normalized spacial score (nSPS) is 15.0. The number of nitrogens with zero attached hydrogens (tertiary/aromatic N) is 1. The Balaban J connectivity index is 1.68. The van der Waals surface area contributed by atoms with Crippen molar-refractivity contribution in [3.8, 4) is 0 Å². The van der Waals surface area contributed by atoms with Crippen LogP contribution in [0.5, 0.6) is 0 Å². The first-order valence-electron chi connectivity index (χ1n) is 9.55. The lowest BCUT2D eigenvalue weighted by molar-refractivity contribution is -0.125. The quantitative estimate of drug-likeness (QED) is 0.700. The molecule has 2 heterocycles. The Morgan fingerprint density at radius 2 is 2.07 bits per heavy atom. The van der Waals surface area contributed by atoms with Gasteiger partial charge in [0.2, 0.25) is 5.91 Å². The summed E-state index contributed by atoms with van der Waals surface area (Å²) < 4.78 is 10.3. The lowest BCUT2D eigenvalue weighted by Gasteiger charge is -2.28. The van der Waals surface area contributed by atoms with Gasteiger partial charge in [-0.2, -0.15) is 0 Å². The van der Waals surface area contributed by atoms with Crippen LogP contribution in [0.25, 0.3) is 0 Å². The summed E-state index contributed by atoms with van der Waals surface area (Å²) >= 11 is 1.36. The van der Waals surface area contributed by atoms with Gasteiger partial charge in [0.05, 0.1) is 18.1 Å². The molecule has 1 saturated heterocycles. The Bertz CT molecular complexity index is 942. The van der Waals surface area contributed by atoms with Crippen molar-refractivity contribution < 1.29 is 23.9 Å². The Morgan fingerprint density at radius 3 is 2.70 bits per heavy atom. The Hall–Kier alpha value is -2.75. The fraction of sp³-hybridized carbons (Fsp3) is 0.381. The fourth-order valence-electron chi connectivity index (χ4n) is 3.17. The number of rotatable bonds is 7. The number of carbonyl (C=O) groups is 3. The van der Waals surface area contributed by atoms with Gasteiger partial charge in [-0.3, -0.25) is 14.4 Å². The third kappa shape index (κ3) is 5.24. The van der Waals surface area contributed by atoms with Gasteiger partial charge in [0.1, 0.15) is 12.6 Å². The fourth-order valence-corrected chi connectivity index (χ4v) is 3.94. The molecule has 1 aromatic heterocycles. The molecule has 1 unspecified atom stereocenters. The number of methoxy groups -OCH3 is 1. The number of hydrogen-bond donors (Lipinski definition) is 2. The highest BCUT2D eigenvalue weighted by Crippen LogP contribution is 2.25. The third-order valence-electron chi connectivity index (χ3n) is 4.66. The highest BCUT2D eigenvalue weighted by Gasteiger charge is 2.24. The summed E-state index contributed by atoms with van der Waals surface area (Å²) in [5.74, 6) is -0.788. The molecule has 0 spiro atoms. The van der Waals surface area contributed by atoms with E-state index >= 15 is 0 Å². The molecule has 8 nitrogen and oxygen atoms in total. The van der Waals surface area contributed by atoms with E-state index in [0.29, 0.717) is 23.7 Å². The van der Waals surface area contributed by atoms with Crippen LogP contribution in [-0.2, 0) is 19.1 Å². The highest BCUT2D eigenvalue weighted by molar-refractivity contribution is 7.13. The number of nitrogens with one attached hydrogen (secondary N) is 2. The van der Waals surface area contributed by atoms with E-state index < -0.39 is 6.04 Å². The molecule has 0 bridgehead atoms. The van der Waals surface area contributed by atoms with E-state index in [2.05, 4.69) is 10.6 Å². The number of benzene rings is 1. The molecule has 1 aromatic carbocycles. The van der Waals surface area contributed by atoms with E-state index in [9.17, 15) is 14.4 Å². The van der Waals surface area contributed by atoms with Gasteiger partial charge in [0.25, 0.3) is 11.8 Å². The maximum absolute atomic E-state index is 12.7. The molecular formula is C21H25N3O5S. The van der Waals surface area contributed by atoms with Crippen molar-refractivity contribution in [2.45, 2.75) is 19.9 Å². The second-order valence-corrected chi connectivity index (χ2v) is 8.27. The van der Waals surface area contributed by atoms with E-state index in [1.54, 1.807) is 29.2 Å². The van der Waals surface area contributed by atoms with Crippen molar-refractivity contribution in [2.24, 2.45) is 0 Å². The minimum Gasteiger partial charge on any atom is -0.382 e.